The van der Waals surface area contributed by atoms with Crippen molar-refractivity contribution in [2.75, 3.05) is 39.3 Å². The fraction of sp³-hybridized carbons (Fsp3) is 0.320. The van der Waals surface area contributed by atoms with E-state index in [-0.39, 0.29) is 11.1 Å². The van der Waals surface area contributed by atoms with Gasteiger partial charge in [-0.05, 0) is 24.6 Å². The van der Waals surface area contributed by atoms with Crippen molar-refractivity contribution < 1.29 is 4.79 Å². The summed E-state index contributed by atoms with van der Waals surface area (Å²) in [5.41, 5.74) is 2.40. The van der Waals surface area contributed by atoms with Crippen LogP contribution in [-0.2, 0) is 6.54 Å². The SMILES string of the molecule is Cc1cc(=O)c(C(=O)NCCN2CCN(Cc3ccccc3)CC2)nn1-c1ccccc1. The Kier molecular flexibility index (Phi) is 7.09. The predicted octanol–water partition coefficient (Wildman–Crippen LogP) is 2.09. The summed E-state index contributed by atoms with van der Waals surface area (Å²) in [5.74, 6) is -0.428. The molecule has 1 aliphatic rings. The zero-order valence-electron chi connectivity index (χ0n) is 18.4. The molecule has 1 amide bonds. The molecule has 4 rings (SSSR count). The second-order valence-corrected chi connectivity index (χ2v) is 8.11. The van der Waals surface area contributed by atoms with E-state index in [4.69, 9.17) is 0 Å². The first-order chi connectivity index (χ1) is 15.6. The van der Waals surface area contributed by atoms with E-state index in [1.165, 1.54) is 11.6 Å². The molecule has 0 unspecified atom stereocenters. The van der Waals surface area contributed by atoms with Crippen LogP contribution in [0.5, 0.6) is 0 Å². The maximum absolute atomic E-state index is 12.6. The van der Waals surface area contributed by atoms with Gasteiger partial charge in [-0.1, -0.05) is 48.5 Å². The second kappa shape index (κ2) is 10.3. The number of carbonyl (C=O) groups is 1. The Bertz CT molecular complexity index is 1090. The molecule has 0 bridgehead atoms. The van der Waals surface area contributed by atoms with Crippen molar-refractivity contribution in [3.05, 3.63) is 93.9 Å². The molecule has 1 fully saturated rings. The predicted molar refractivity (Wildman–Crippen MR) is 125 cm³/mol. The van der Waals surface area contributed by atoms with Crippen LogP contribution < -0.4 is 10.7 Å². The van der Waals surface area contributed by atoms with Crippen molar-refractivity contribution in [1.29, 1.82) is 0 Å². The van der Waals surface area contributed by atoms with Gasteiger partial charge < -0.3 is 5.32 Å². The van der Waals surface area contributed by atoms with E-state index in [0.29, 0.717) is 12.2 Å². The molecule has 1 aliphatic heterocycles. The van der Waals surface area contributed by atoms with Crippen LogP contribution in [0.1, 0.15) is 21.7 Å². The van der Waals surface area contributed by atoms with Crippen LogP contribution >= 0.6 is 0 Å². The minimum absolute atomic E-state index is 0.0767. The summed E-state index contributed by atoms with van der Waals surface area (Å²) < 4.78 is 1.63. The summed E-state index contributed by atoms with van der Waals surface area (Å²) in [6, 6.07) is 21.5. The quantitative estimate of drug-likeness (QED) is 0.620. The molecule has 0 aliphatic carbocycles. The Morgan fingerprint density at radius 2 is 1.56 bits per heavy atom. The number of nitrogens with one attached hydrogen (secondary N) is 1. The van der Waals surface area contributed by atoms with Crippen molar-refractivity contribution in [1.82, 2.24) is 24.9 Å². The normalized spacial score (nSPS) is 14.9. The van der Waals surface area contributed by atoms with Gasteiger partial charge in [-0.2, -0.15) is 5.10 Å². The third kappa shape index (κ3) is 5.49. The average molecular weight is 432 g/mol. The number of hydrogen-bond acceptors (Lipinski definition) is 5. The zero-order valence-corrected chi connectivity index (χ0v) is 18.4. The highest BCUT2D eigenvalue weighted by molar-refractivity contribution is 5.92. The highest BCUT2D eigenvalue weighted by Gasteiger charge is 2.18. The van der Waals surface area contributed by atoms with Gasteiger partial charge >= 0.3 is 0 Å². The topological polar surface area (TPSA) is 70.5 Å². The molecular formula is C25H29N5O2. The first-order valence-electron chi connectivity index (χ1n) is 11.0. The number of hydrogen-bond donors (Lipinski definition) is 1. The van der Waals surface area contributed by atoms with Crippen LogP contribution in [0.2, 0.25) is 0 Å². The number of carbonyl (C=O) groups excluding carboxylic acids is 1. The highest BCUT2D eigenvalue weighted by atomic mass is 16.2. The molecule has 2 aromatic carbocycles. The molecule has 1 aromatic heterocycles. The van der Waals surface area contributed by atoms with E-state index in [1.807, 2.05) is 36.4 Å². The molecule has 0 saturated carbocycles. The van der Waals surface area contributed by atoms with Gasteiger partial charge in [0, 0.05) is 57.6 Å². The van der Waals surface area contributed by atoms with Crippen LogP contribution in [0, 0.1) is 6.92 Å². The molecule has 166 valence electrons. The summed E-state index contributed by atoms with van der Waals surface area (Å²) >= 11 is 0. The Balaban J connectivity index is 1.28. The average Bonchev–Trinajstić information content (AvgIpc) is 2.81. The summed E-state index contributed by atoms with van der Waals surface area (Å²) in [4.78, 5) is 29.8. The van der Waals surface area contributed by atoms with Gasteiger partial charge in [-0.3, -0.25) is 19.4 Å². The minimum atomic E-state index is -0.428. The number of benzene rings is 2. The van der Waals surface area contributed by atoms with Crippen LogP contribution in [0.4, 0.5) is 0 Å². The highest BCUT2D eigenvalue weighted by Crippen LogP contribution is 2.09. The molecule has 0 radical (unpaired) electrons. The van der Waals surface area contributed by atoms with E-state index in [0.717, 1.165) is 45.0 Å². The van der Waals surface area contributed by atoms with Gasteiger partial charge in [0.2, 0.25) is 5.43 Å². The molecule has 7 heteroatoms. The van der Waals surface area contributed by atoms with E-state index < -0.39 is 5.91 Å². The number of aromatic nitrogens is 2. The maximum Gasteiger partial charge on any atom is 0.275 e. The summed E-state index contributed by atoms with van der Waals surface area (Å²) in [5, 5.41) is 7.20. The minimum Gasteiger partial charge on any atom is -0.349 e. The monoisotopic (exact) mass is 431 g/mol. The van der Waals surface area contributed by atoms with Crippen LogP contribution in [-0.4, -0.2) is 64.8 Å². The number of piperazine rings is 1. The van der Waals surface area contributed by atoms with Crippen molar-refractivity contribution in [2.24, 2.45) is 0 Å². The van der Waals surface area contributed by atoms with Crippen molar-refractivity contribution in [3.63, 3.8) is 0 Å². The lowest BCUT2D eigenvalue weighted by atomic mass is 10.2. The summed E-state index contributed by atoms with van der Waals surface area (Å²) in [7, 11) is 0. The number of nitrogens with zero attached hydrogens (tertiary/aromatic N) is 4. The number of amides is 1. The third-order valence-corrected chi connectivity index (χ3v) is 5.75. The Morgan fingerprint density at radius 3 is 2.25 bits per heavy atom. The largest absolute Gasteiger partial charge is 0.349 e. The van der Waals surface area contributed by atoms with Gasteiger partial charge in [0.05, 0.1) is 5.69 Å². The van der Waals surface area contributed by atoms with E-state index >= 15 is 0 Å². The zero-order chi connectivity index (χ0) is 22.3. The lowest BCUT2D eigenvalue weighted by Gasteiger charge is -2.34. The molecule has 0 spiro atoms. The number of aryl methyl sites for hydroxylation is 1. The summed E-state index contributed by atoms with van der Waals surface area (Å²) in [6.45, 7) is 7.95. The Labute approximate surface area is 188 Å². The maximum atomic E-state index is 12.6. The fourth-order valence-electron chi connectivity index (χ4n) is 3.96. The molecular weight excluding hydrogens is 402 g/mol. The molecule has 32 heavy (non-hydrogen) atoms. The second-order valence-electron chi connectivity index (χ2n) is 8.11. The smallest absolute Gasteiger partial charge is 0.275 e. The lowest BCUT2D eigenvalue weighted by Crippen LogP contribution is -2.48. The van der Waals surface area contributed by atoms with E-state index in [2.05, 4.69) is 44.5 Å². The van der Waals surface area contributed by atoms with Gasteiger partial charge in [0.1, 0.15) is 0 Å². The first kappa shape index (κ1) is 21.9. The fourth-order valence-corrected chi connectivity index (χ4v) is 3.96. The van der Waals surface area contributed by atoms with E-state index in [9.17, 15) is 9.59 Å². The molecule has 3 aromatic rings. The third-order valence-electron chi connectivity index (χ3n) is 5.75. The van der Waals surface area contributed by atoms with Crippen molar-refractivity contribution >= 4 is 5.91 Å². The Hall–Kier alpha value is -3.29. The van der Waals surface area contributed by atoms with Crippen molar-refractivity contribution in [3.8, 4) is 5.69 Å². The van der Waals surface area contributed by atoms with Gasteiger partial charge in [0.25, 0.3) is 5.91 Å². The standard InChI is InChI=1S/C25H29N5O2/c1-20-18-23(31)24(27-30(20)22-10-6-3-7-11-22)25(32)26-12-13-28-14-16-29(17-15-28)19-21-8-4-2-5-9-21/h2-11,18H,12-17,19H2,1H3,(H,26,32). The van der Waals surface area contributed by atoms with Crippen LogP contribution in [0.25, 0.3) is 5.69 Å². The molecule has 0 atom stereocenters. The van der Waals surface area contributed by atoms with Crippen LogP contribution in [0.3, 0.4) is 0 Å². The first-order valence-corrected chi connectivity index (χ1v) is 11.0. The van der Waals surface area contributed by atoms with Gasteiger partial charge in [-0.15, -0.1) is 0 Å². The lowest BCUT2D eigenvalue weighted by molar-refractivity contribution is 0.0926. The Morgan fingerprint density at radius 1 is 0.938 bits per heavy atom. The van der Waals surface area contributed by atoms with Crippen LogP contribution in [0.15, 0.2) is 71.5 Å². The molecule has 1 saturated heterocycles. The van der Waals surface area contributed by atoms with Gasteiger partial charge in [0.15, 0.2) is 5.69 Å². The summed E-state index contributed by atoms with van der Waals surface area (Å²) in [6.07, 6.45) is 0. The van der Waals surface area contributed by atoms with Crippen molar-refractivity contribution in [2.45, 2.75) is 13.5 Å². The van der Waals surface area contributed by atoms with Gasteiger partial charge in [-0.25, -0.2) is 4.68 Å². The molecule has 1 N–H and O–H groups in total. The number of rotatable bonds is 7. The molecule has 7 nitrogen and oxygen atoms in total. The van der Waals surface area contributed by atoms with E-state index in [1.54, 1.807) is 11.6 Å². The molecule has 2 heterocycles. The number of para-hydroxylation sites is 1.